The number of nitrogens with two attached hydrogens (primary N) is 1. The molecule has 0 amide bonds. The summed E-state index contributed by atoms with van der Waals surface area (Å²) in [6.07, 6.45) is 4.47. The summed E-state index contributed by atoms with van der Waals surface area (Å²) in [4.78, 5) is 8.19. The quantitative estimate of drug-likeness (QED) is 0.764. The maximum absolute atomic E-state index is 13.2. The maximum atomic E-state index is 13.2. The monoisotopic (exact) mass is 253 g/mol. The molecular formula is C15H12FN3. The first-order valence-electron chi connectivity index (χ1n) is 5.95. The van der Waals surface area contributed by atoms with Crippen LogP contribution < -0.4 is 5.73 Å². The lowest BCUT2D eigenvalue weighted by molar-refractivity contribution is 0.616. The van der Waals surface area contributed by atoms with E-state index < -0.39 is 6.04 Å². The molecule has 0 fully saturated rings. The fourth-order valence-corrected chi connectivity index (χ4v) is 2.16. The van der Waals surface area contributed by atoms with Gasteiger partial charge in [-0.25, -0.2) is 4.39 Å². The van der Waals surface area contributed by atoms with E-state index in [0.717, 1.165) is 22.7 Å². The van der Waals surface area contributed by atoms with Crippen LogP contribution in [-0.4, -0.2) is 9.97 Å². The van der Waals surface area contributed by atoms with Gasteiger partial charge >= 0.3 is 0 Å². The molecule has 0 spiro atoms. The molecule has 0 aliphatic rings. The molecule has 3 aromatic rings. The highest BCUT2D eigenvalue weighted by Crippen LogP contribution is 2.25. The summed E-state index contributed by atoms with van der Waals surface area (Å²) in [5.74, 6) is -0.388. The van der Waals surface area contributed by atoms with Crippen LogP contribution in [0.3, 0.4) is 0 Å². The van der Waals surface area contributed by atoms with Crippen molar-refractivity contribution in [1.82, 2.24) is 9.97 Å². The van der Waals surface area contributed by atoms with Crippen molar-refractivity contribution >= 4 is 10.9 Å². The second-order valence-electron chi connectivity index (χ2n) is 4.34. The van der Waals surface area contributed by atoms with E-state index in [1.54, 1.807) is 12.4 Å². The number of fused-ring (bicyclic) bond motifs is 1. The van der Waals surface area contributed by atoms with E-state index in [1.165, 1.54) is 6.07 Å². The van der Waals surface area contributed by atoms with Crippen LogP contribution in [0.4, 0.5) is 4.39 Å². The van der Waals surface area contributed by atoms with Crippen LogP contribution in [0.15, 0.2) is 55.0 Å². The molecule has 3 rings (SSSR count). The van der Waals surface area contributed by atoms with Crippen molar-refractivity contribution in [3.05, 3.63) is 71.9 Å². The van der Waals surface area contributed by atoms with E-state index in [1.807, 2.05) is 30.3 Å². The summed E-state index contributed by atoms with van der Waals surface area (Å²) in [5, 5.41) is 1.01. The molecule has 0 bridgehead atoms. The van der Waals surface area contributed by atoms with Crippen molar-refractivity contribution < 1.29 is 4.39 Å². The minimum atomic E-state index is -0.443. The minimum absolute atomic E-state index is 0.388. The molecule has 0 aliphatic carbocycles. The van der Waals surface area contributed by atoms with Gasteiger partial charge in [0.1, 0.15) is 5.82 Å². The zero-order chi connectivity index (χ0) is 13.2. The summed E-state index contributed by atoms with van der Waals surface area (Å²) < 4.78 is 13.2. The van der Waals surface area contributed by atoms with Crippen molar-refractivity contribution in [3.8, 4) is 0 Å². The number of rotatable bonds is 2. The SMILES string of the molecule is NC(c1cncc(F)c1)c1cccc2cccnc12. The molecule has 2 N–H and O–H groups in total. The van der Waals surface area contributed by atoms with Crippen LogP contribution in [-0.2, 0) is 0 Å². The Morgan fingerprint density at radius 1 is 1.11 bits per heavy atom. The van der Waals surface area contributed by atoms with Gasteiger partial charge in [0.25, 0.3) is 0 Å². The number of hydrogen-bond acceptors (Lipinski definition) is 3. The average molecular weight is 253 g/mol. The zero-order valence-electron chi connectivity index (χ0n) is 10.1. The predicted octanol–water partition coefficient (Wildman–Crippen LogP) is 2.82. The topological polar surface area (TPSA) is 51.8 Å². The zero-order valence-corrected chi connectivity index (χ0v) is 10.1. The van der Waals surface area contributed by atoms with Gasteiger partial charge in [0.15, 0.2) is 0 Å². The molecule has 0 aliphatic heterocycles. The number of aromatic nitrogens is 2. The number of halogens is 1. The molecular weight excluding hydrogens is 241 g/mol. The number of benzene rings is 1. The normalized spacial score (nSPS) is 12.5. The lowest BCUT2D eigenvalue weighted by Gasteiger charge is -2.14. The molecule has 1 unspecified atom stereocenters. The fraction of sp³-hybridized carbons (Fsp3) is 0.0667. The van der Waals surface area contributed by atoms with Crippen LogP contribution in [0.2, 0.25) is 0 Å². The van der Waals surface area contributed by atoms with Gasteiger partial charge in [-0.2, -0.15) is 0 Å². The summed E-state index contributed by atoms with van der Waals surface area (Å²) in [6, 6.07) is 10.6. The Kier molecular flexibility index (Phi) is 2.93. The molecule has 0 radical (unpaired) electrons. The Labute approximate surface area is 109 Å². The summed E-state index contributed by atoms with van der Waals surface area (Å²) in [7, 11) is 0. The van der Waals surface area contributed by atoms with Crippen LogP contribution in [0.5, 0.6) is 0 Å². The van der Waals surface area contributed by atoms with E-state index in [0.29, 0.717) is 5.56 Å². The van der Waals surface area contributed by atoms with Gasteiger partial charge in [0.2, 0.25) is 0 Å². The molecule has 0 saturated heterocycles. The molecule has 1 atom stereocenters. The molecule has 0 saturated carbocycles. The predicted molar refractivity (Wildman–Crippen MR) is 72.0 cm³/mol. The molecule has 1 aromatic carbocycles. The van der Waals surface area contributed by atoms with E-state index >= 15 is 0 Å². The first-order valence-corrected chi connectivity index (χ1v) is 5.95. The van der Waals surface area contributed by atoms with Crippen molar-refractivity contribution in [1.29, 1.82) is 0 Å². The lowest BCUT2D eigenvalue weighted by Crippen LogP contribution is -2.13. The van der Waals surface area contributed by atoms with Crippen molar-refractivity contribution in [2.45, 2.75) is 6.04 Å². The van der Waals surface area contributed by atoms with Crippen LogP contribution in [0.25, 0.3) is 10.9 Å². The maximum Gasteiger partial charge on any atom is 0.141 e. The van der Waals surface area contributed by atoms with Crippen LogP contribution in [0, 0.1) is 5.82 Å². The third-order valence-electron chi connectivity index (χ3n) is 3.08. The van der Waals surface area contributed by atoms with Gasteiger partial charge in [-0.3, -0.25) is 9.97 Å². The molecule has 2 heterocycles. The highest BCUT2D eigenvalue weighted by Gasteiger charge is 2.13. The Balaban J connectivity index is 2.14. The highest BCUT2D eigenvalue weighted by atomic mass is 19.1. The van der Waals surface area contributed by atoms with Gasteiger partial charge in [0, 0.05) is 17.8 Å². The lowest BCUT2D eigenvalue weighted by atomic mass is 9.98. The Morgan fingerprint density at radius 3 is 2.79 bits per heavy atom. The van der Waals surface area contributed by atoms with Gasteiger partial charge < -0.3 is 5.73 Å². The molecule has 19 heavy (non-hydrogen) atoms. The standard InChI is InChI=1S/C15H12FN3/c16-12-7-11(8-18-9-12)14(17)13-5-1-3-10-4-2-6-19-15(10)13/h1-9,14H,17H2. The van der Waals surface area contributed by atoms with Crippen LogP contribution in [0.1, 0.15) is 17.2 Å². The smallest absolute Gasteiger partial charge is 0.141 e. The Hall–Kier alpha value is -2.33. The average Bonchev–Trinajstić information content (AvgIpc) is 2.46. The summed E-state index contributed by atoms with van der Waals surface area (Å²) in [6.45, 7) is 0. The Bertz CT molecular complexity index is 722. The number of nitrogens with zero attached hydrogens (tertiary/aromatic N) is 2. The van der Waals surface area contributed by atoms with Gasteiger partial charge in [-0.15, -0.1) is 0 Å². The van der Waals surface area contributed by atoms with E-state index in [4.69, 9.17) is 5.73 Å². The molecule has 94 valence electrons. The van der Waals surface area contributed by atoms with Gasteiger partial charge in [-0.05, 0) is 23.3 Å². The third kappa shape index (κ3) is 2.18. The summed E-state index contributed by atoms with van der Waals surface area (Å²) in [5.41, 5.74) is 8.54. The van der Waals surface area contributed by atoms with E-state index in [2.05, 4.69) is 9.97 Å². The van der Waals surface area contributed by atoms with Crippen molar-refractivity contribution in [2.75, 3.05) is 0 Å². The number of hydrogen-bond donors (Lipinski definition) is 1. The van der Waals surface area contributed by atoms with Crippen LogP contribution >= 0.6 is 0 Å². The minimum Gasteiger partial charge on any atom is -0.320 e. The largest absolute Gasteiger partial charge is 0.320 e. The van der Waals surface area contributed by atoms with E-state index in [9.17, 15) is 4.39 Å². The number of pyridine rings is 2. The second kappa shape index (κ2) is 4.74. The van der Waals surface area contributed by atoms with Gasteiger partial charge in [0.05, 0.1) is 17.8 Å². The van der Waals surface area contributed by atoms with Crippen molar-refractivity contribution in [2.24, 2.45) is 5.73 Å². The first kappa shape index (κ1) is 11.7. The fourth-order valence-electron chi connectivity index (χ4n) is 2.16. The van der Waals surface area contributed by atoms with Crippen molar-refractivity contribution in [3.63, 3.8) is 0 Å². The molecule has 3 nitrogen and oxygen atoms in total. The Morgan fingerprint density at radius 2 is 1.95 bits per heavy atom. The van der Waals surface area contributed by atoms with Gasteiger partial charge in [-0.1, -0.05) is 24.3 Å². The molecule has 4 heteroatoms. The first-order chi connectivity index (χ1) is 9.25. The highest BCUT2D eigenvalue weighted by molar-refractivity contribution is 5.82. The number of para-hydroxylation sites is 1. The van der Waals surface area contributed by atoms with E-state index in [-0.39, 0.29) is 5.82 Å². The second-order valence-corrected chi connectivity index (χ2v) is 4.34. The summed E-state index contributed by atoms with van der Waals surface area (Å²) >= 11 is 0. The third-order valence-corrected chi connectivity index (χ3v) is 3.08. The molecule has 2 aromatic heterocycles.